The number of hydrogen-bond donors (Lipinski definition) is 2. The number of carbonyl (C=O) groups excluding carboxylic acids is 2. The minimum atomic E-state index is -0.474. The van der Waals surface area contributed by atoms with E-state index in [1.54, 1.807) is 13.1 Å². The molecular weight excluding hydrogens is 364 g/mol. The third kappa shape index (κ3) is 5.32. The van der Waals surface area contributed by atoms with Crippen LogP contribution in [0.15, 0.2) is 30.5 Å². The van der Waals surface area contributed by atoms with Crippen LogP contribution < -0.4 is 11.1 Å². The van der Waals surface area contributed by atoms with Crippen LogP contribution in [0.3, 0.4) is 0 Å². The van der Waals surface area contributed by atoms with Gasteiger partial charge in [0.1, 0.15) is 5.82 Å². The van der Waals surface area contributed by atoms with Gasteiger partial charge in [0, 0.05) is 30.1 Å². The molecule has 1 amide bonds. The predicted molar refractivity (Wildman–Crippen MR) is 117 cm³/mol. The molecule has 0 bridgehead atoms. The molecule has 0 aliphatic carbocycles. The molecule has 6 nitrogen and oxygen atoms in total. The van der Waals surface area contributed by atoms with Crippen molar-refractivity contribution in [3.8, 4) is 0 Å². The van der Waals surface area contributed by atoms with Gasteiger partial charge in [-0.05, 0) is 57.0 Å². The van der Waals surface area contributed by atoms with E-state index in [4.69, 9.17) is 5.73 Å². The Morgan fingerprint density at radius 1 is 1.24 bits per heavy atom. The van der Waals surface area contributed by atoms with Gasteiger partial charge in [0.05, 0.1) is 12.6 Å². The molecule has 0 unspecified atom stereocenters. The van der Waals surface area contributed by atoms with Gasteiger partial charge in [-0.25, -0.2) is 4.98 Å². The van der Waals surface area contributed by atoms with E-state index in [1.165, 1.54) is 6.42 Å². The predicted octanol–water partition coefficient (Wildman–Crippen LogP) is 3.09. The van der Waals surface area contributed by atoms with Crippen LogP contribution in [0.4, 0.5) is 5.82 Å². The molecular formula is C23H32N4O2. The first kappa shape index (κ1) is 21.2. The molecule has 1 aliphatic heterocycles. The summed E-state index contributed by atoms with van der Waals surface area (Å²) in [5.41, 5.74) is 6.96. The van der Waals surface area contributed by atoms with Gasteiger partial charge in [-0.2, -0.15) is 0 Å². The number of nitrogens with two attached hydrogens (primary N) is 1. The number of carbonyl (C=O) groups is 2. The Balaban J connectivity index is 1.50. The first-order valence-electron chi connectivity index (χ1n) is 10.6. The van der Waals surface area contributed by atoms with Crippen LogP contribution in [-0.2, 0) is 16.0 Å². The highest BCUT2D eigenvalue weighted by Gasteiger charge is 2.27. The first-order chi connectivity index (χ1) is 13.8. The zero-order chi connectivity index (χ0) is 21.0. The molecule has 0 saturated carbocycles. The highest BCUT2D eigenvalue weighted by Crippen LogP contribution is 2.22. The summed E-state index contributed by atoms with van der Waals surface area (Å²) in [4.78, 5) is 31.3. The average Bonchev–Trinajstić information content (AvgIpc) is 2.69. The number of aromatic nitrogens is 1. The molecule has 3 N–H and O–H groups in total. The van der Waals surface area contributed by atoms with Gasteiger partial charge >= 0.3 is 0 Å². The number of pyridine rings is 1. The molecule has 1 aromatic carbocycles. The highest BCUT2D eigenvalue weighted by molar-refractivity contribution is 5.92. The maximum absolute atomic E-state index is 12.5. The normalized spacial score (nSPS) is 21.1. The summed E-state index contributed by atoms with van der Waals surface area (Å²) in [6.45, 7) is 6.48. The van der Waals surface area contributed by atoms with Gasteiger partial charge in [0.15, 0.2) is 5.78 Å². The van der Waals surface area contributed by atoms with Crippen LogP contribution in [0.25, 0.3) is 10.8 Å². The summed E-state index contributed by atoms with van der Waals surface area (Å²) in [6.07, 6.45) is 6.18. The van der Waals surface area contributed by atoms with Crippen LogP contribution >= 0.6 is 0 Å². The van der Waals surface area contributed by atoms with E-state index in [0.717, 1.165) is 29.2 Å². The second kappa shape index (κ2) is 9.35. The Bertz CT molecular complexity index is 872. The highest BCUT2D eigenvalue weighted by atomic mass is 16.2. The molecule has 3 atom stereocenters. The van der Waals surface area contributed by atoms with Crippen LogP contribution in [0.5, 0.6) is 0 Å². The van der Waals surface area contributed by atoms with Crippen molar-refractivity contribution < 1.29 is 9.59 Å². The number of hydrogen-bond acceptors (Lipinski definition) is 5. The lowest BCUT2D eigenvalue weighted by Crippen LogP contribution is -2.50. The fourth-order valence-corrected chi connectivity index (χ4v) is 4.21. The number of likely N-dealkylation sites (tertiary alicyclic amines) is 1. The number of nitrogen functional groups attached to an aromatic ring is 1. The molecule has 1 aliphatic rings. The SMILES string of the molecule is C[C@H](NC(=O)CN1[C@H](C)CCC[C@@H]1C)C(=O)CCc1ccc2c(N)nccc2c1. The molecule has 156 valence electrons. The minimum Gasteiger partial charge on any atom is -0.383 e. The number of anilines is 1. The molecule has 1 saturated heterocycles. The van der Waals surface area contributed by atoms with E-state index in [-0.39, 0.29) is 11.7 Å². The zero-order valence-corrected chi connectivity index (χ0v) is 17.6. The van der Waals surface area contributed by atoms with Crippen molar-refractivity contribution in [1.82, 2.24) is 15.2 Å². The summed E-state index contributed by atoms with van der Waals surface area (Å²) in [7, 11) is 0. The van der Waals surface area contributed by atoms with Gasteiger partial charge < -0.3 is 11.1 Å². The average molecular weight is 397 g/mol. The fraction of sp³-hybridized carbons (Fsp3) is 0.522. The minimum absolute atomic E-state index is 0.0485. The number of nitrogens with zero attached hydrogens (tertiary/aromatic N) is 2. The van der Waals surface area contributed by atoms with Crippen molar-refractivity contribution in [2.45, 2.75) is 71.0 Å². The molecule has 0 radical (unpaired) electrons. The van der Waals surface area contributed by atoms with E-state index in [1.807, 2.05) is 24.3 Å². The molecule has 1 aromatic heterocycles. The van der Waals surface area contributed by atoms with E-state index in [2.05, 4.69) is 29.0 Å². The van der Waals surface area contributed by atoms with E-state index in [9.17, 15) is 9.59 Å². The Labute approximate surface area is 172 Å². The number of benzene rings is 1. The number of rotatable bonds is 7. The molecule has 1 fully saturated rings. The van der Waals surface area contributed by atoms with Crippen molar-refractivity contribution in [2.75, 3.05) is 12.3 Å². The van der Waals surface area contributed by atoms with Gasteiger partial charge in [0.25, 0.3) is 0 Å². The lowest BCUT2D eigenvalue weighted by Gasteiger charge is -2.38. The van der Waals surface area contributed by atoms with Crippen LogP contribution in [0, 0.1) is 0 Å². The molecule has 6 heteroatoms. The Hall–Kier alpha value is -2.47. The van der Waals surface area contributed by atoms with E-state index < -0.39 is 6.04 Å². The second-order valence-corrected chi connectivity index (χ2v) is 8.31. The molecule has 3 rings (SSSR count). The van der Waals surface area contributed by atoms with Crippen LogP contribution in [0.2, 0.25) is 0 Å². The first-order valence-corrected chi connectivity index (χ1v) is 10.6. The summed E-state index contributed by atoms with van der Waals surface area (Å²) in [5, 5.41) is 4.83. The van der Waals surface area contributed by atoms with Crippen LogP contribution in [0.1, 0.15) is 52.0 Å². The maximum atomic E-state index is 12.5. The standard InChI is InChI=1S/C23H32N4O2/c1-15-5-4-6-16(2)27(15)14-22(29)26-17(3)21(28)10-8-18-7-9-20-19(13-18)11-12-25-23(20)24/h7,9,11-13,15-17H,4-6,8,10,14H2,1-3H3,(H2,24,25)(H,26,29)/t15-,16+,17-/m0/s1. The number of amides is 1. The number of piperidine rings is 1. The monoisotopic (exact) mass is 396 g/mol. The Kier molecular flexibility index (Phi) is 6.85. The van der Waals surface area contributed by atoms with Gasteiger partial charge in [-0.3, -0.25) is 14.5 Å². The molecule has 29 heavy (non-hydrogen) atoms. The van der Waals surface area contributed by atoms with Crippen molar-refractivity contribution in [3.63, 3.8) is 0 Å². The van der Waals surface area contributed by atoms with Crippen molar-refractivity contribution in [2.24, 2.45) is 0 Å². The lowest BCUT2D eigenvalue weighted by atomic mass is 9.97. The summed E-state index contributed by atoms with van der Waals surface area (Å²) in [6, 6.07) is 8.24. The Morgan fingerprint density at radius 2 is 1.97 bits per heavy atom. The van der Waals surface area contributed by atoms with Gasteiger partial charge in [0.2, 0.25) is 5.91 Å². The second-order valence-electron chi connectivity index (χ2n) is 8.31. The summed E-state index contributed by atoms with van der Waals surface area (Å²) < 4.78 is 0. The fourth-order valence-electron chi connectivity index (χ4n) is 4.21. The smallest absolute Gasteiger partial charge is 0.234 e. The molecule has 0 spiro atoms. The number of nitrogens with one attached hydrogen (secondary N) is 1. The molecule has 2 aromatic rings. The van der Waals surface area contributed by atoms with Crippen LogP contribution in [-0.4, -0.2) is 46.2 Å². The van der Waals surface area contributed by atoms with Gasteiger partial charge in [-0.15, -0.1) is 0 Å². The van der Waals surface area contributed by atoms with Crippen molar-refractivity contribution in [1.29, 1.82) is 0 Å². The topological polar surface area (TPSA) is 88.3 Å². The largest absolute Gasteiger partial charge is 0.383 e. The number of Topliss-reactive ketones (excluding diaryl/α,β-unsaturated/α-hetero) is 1. The third-order valence-electron chi connectivity index (χ3n) is 6.08. The quantitative estimate of drug-likeness (QED) is 0.751. The maximum Gasteiger partial charge on any atom is 0.234 e. The zero-order valence-electron chi connectivity index (χ0n) is 17.6. The number of aryl methyl sites for hydroxylation is 1. The molecule has 2 heterocycles. The third-order valence-corrected chi connectivity index (χ3v) is 6.08. The Morgan fingerprint density at radius 3 is 2.69 bits per heavy atom. The van der Waals surface area contributed by atoms with Crippen molar-refractivity contribution in [3.05, 3.63) is 36.0 Å². The lowest BCUT2D eigenvalue weighted by molar-refractivity contribution is -0.129. The number of ketones is 1. The summed E-state index contributed by atoms with van der Waals surface area (Å²) in [5.74, 6) is 0.492. The van der Waals surface area contributed by atoms with E-state index in [0.29, 0.717) is 37.3 Å². The van der Waals surface area contributed by atoms with Crippen molar-refractivity contribution >= 4 is 28.3 Å². The van der Waals surface area contributed by atoms with Gasteiger partial charge in [-0.1, -0.05) is 24.6 Å². The summed E-state index contributed by atoms with van der Waals surface area (Å²) >= 11 is 0. The number of fused-ring (bicyclic) bond motifs is 1. The van der Waals surface area contributed by atoms with E-state index >= 15 is 0 Å².